The van der Waals surface area contributed by atoms with E-state index in [1.807, 2.05) is 6.92 Å². The highest BCUT2D eigenvalue weighted by Crippen LogP contribution is 2.26. The second kappa shape index (κ2) is 6.56. The van der Waals surface area contributed by atoms with Gasteiger partial charge in [-0.1, -0.05) is 11.8 Å². The van der Waals surface area contributed by atoms with Crippen molar-refractivity contribution in [3.63, 3.8) is 0 Å². The molecule has 0 fully saturated rings. The maximum atomic E-state index is 13.6. The molecule has 3 aromatic rings. The largest absolute Gasteiger partial charge is 0.469 e. The maximum absolute atomic E-state index is 13.6. The Morgan fingerprint density at radius 2 is 2.08 bits per heavy atom. The van der Waals surface area contributed by atoms with Gasteiger partial charge < -0.3 is 8.98 Å². The van der Waals surface area contributed by atoms with Crippen LogP contribution in [0.15, 0.2) is 40.1 Å². The molecular formula is C16H13F2N3O2S. The molecule has 0 aliphatic rings. The van der Waals surface area contributed by atoms with E-state index in [2.05, 4.69) is 10.2 Å². The zero-order valence-corrected chi connectivity index (χ0v) is 13.7. The number of thioether (sulfide) groups is 1. The Kier molecular flexibility index (Phi) is 4.48. The summed E-state index contributed by atoms with van der Waals surface area (Å²) >= 11 is 1.11. The van der Waals surface area contributed by atoms with Gasteiger partial charge in [0.25, 0.3) is 0 Å². The number of carbonyl (C=O) groups is 1. The summed E-state index contributed by atoms with van der Waals surface area (Å²) in [5.74, 6) is -0.665. The number of nitrogens with zero attached hydrogens (tertiary/aromatic N) is 3. The van der Waals surface area contributed by atoms with Crippen LogP contribution < -0.4 is 0 Å². The molecule has 5 nitrogen and oxygen atoms in total. The fourth-order valence-corrected chi connectivity index (χ4v) is 3.01. The summed E-state index contributed by atoms with van der Waals surface area (Å²) in [6.07, 6.45) is 1.56. The first kappa shape index (κ1) is 16.4. The number of hydrogen-bond acceptors (Lipinski definition) is 5. The Morgan fingerprint density at radius 3 is 2.79 bits per heavy atom. The van der Waals surface area contributed by atoms with Gasteiger partial charge in [0.15, 0.2) is 16.8 Å². The van der Waals surface area contributed by atoms with Crippen LogP contribution in [0.5, 0.6) is 0 Å². The van der Waals surface area contributed by atoms with Crippen LogP contribution in [0, 0.1) is 18.6 Å². The van der Waals surface area contributed by atoms with Crippen molar-refractivity contribution in [3.8, 4) is 11.4 Å². The molecule has 3 rings (SSSR count). The lowest BCUT2D eigenvalue weighted by Crippen LogP contribution is -2.07. The number of aryl methyl sites for hydroxylation is 1. The third-order valence-corrected chi connectivity index (χ3v) is 4.52. The van der Waals surface area contributed by atoms with Crippen molar-refractivity contribution in [2.75, 3.05) is 5.75 Å². The van der Waals surface area contributed by atoms with E-state index in [9.17, 15) is 13.6 Å². The van der Waals surface area contributed by atoms with E-state index in [4.69, 9.17) is 4.42 Å². The van der Waals surface area contributed by atoms with Gasteiger partial charge in [0.05, 0.1) is 23.1 Å². The lowest BCUT2D eigenvalue weighted by Gasteiger charge is -2.04. The summed E-state index contributed by atoms with van der Waals surface area (Å²) in [7, 11) is 1.76. The molecule has 8 heteroatoms. The fourth-order valence-electron chi connectivity index (χ4n) is 2.21. The minimum absolute atomic E-state index is 0.0727. The second-order valence-electron chi connectivity index (χ2n) is 5.09. The first-order valence-corrected chi connectivity index (χ1v) is 8.01. The van der Waals surface area contributed by atoms with E-state index in [1.54, 1.807) is 23.9 Å². The van der Waals surface area contributed by atoms with Gasteiger partial charge in [0.2, 0.25) is 0 Å². The molecule has 0 atom stereocenters. The van der Waals surface area contributed by atoms with E-state index in [0.29, 0.717) is 16.7 Å². The van der Waals surface area contributed by atoms with Gasteiger partial charge in [-0.3, -0.25) is 4.79 Å². The van der Waals surface area contributed by atoms with E-state index < -0.39 is 17.4 Å². The minimum Gasteiger partial charge on any atom is -0.469 e. The second-order valence-corrected chi connectivity index (χ2v) is 6.03. The summed E-state index contributed by atoms with van der Waals surface area (Å²) in [5.41, 5.74) is 0.537. The van der Waals surface area contributed by atoms with Crippen LogP contribution in [0.25, 0.3) is 11.4 Å². The Morgan fingerprint density at radius 1 is 1.29 bits per heavy atom. The van der Waals surface area contributed by atoms with Gasteiger partial charge in [-0.25, -0.2) is 8.78 Å². The van der Waals surface area contributed by atoms with Crippen molar-refractivity contribution in [2.45, 2.75) is 12.1 Å². The Balaban J connectivity index is 1.76. The summed E-state index contributed by atoms with van der Waals surface area (Å²) in [4.78, 5) is 12.1. The molecule has 0 aliphatic heterocycles. The average Bonchev–Trinajstić information content (AvgIpc) is 3.13. The smallest absolute Gasteiger partial charge is 0.191 e. The maximum Gasteiger partial charge on any atom is 0.191 e. The predicted molar refractivity (Wildman–Crippen MR) is 84.9 cm³/mol. The Bertz CT molecular complexity index is 905. The SMILES string of the molecule is Cc1occc1-c1nnc(SCC(=O)c2cc(F)ccc2F)n1C. The molecule has 24 heavy (non-hydrogen) atoms. The molecule has 0 bridgehead atoms. The number of benzene rings is 1. The number of rotatable bonds is 5. The van der Waals surface area contributed by atoms with E-state index in [-0.39, 0.29) is 11.3 Å². The van der Waals surface area contributed by atoms with Gasteiger partial charge in [-0.05, 0) is 31.2 Å². The van der Waals surface area contributed by atoms with Crippen molar-refractivity contribution in [2.24, 2.45) is 7.05 Å². The van der Waals surface area contributed by atoms with Crippen LogP contribution in [-0.4, -0.2) is 26.3 Å². The van der Waals surface area contributed by atoms with Crippen LogP contribution in [-0.2, 0) is 7.05 Å². The highest BCUT2D eigenvalue weighted by Gasteiger charge is 2.18. The molecule has 0 saturated heterocycles. The zero-order valence-electron chi connectivity index (χ0n) is 12.9. The highest BCUT2D eigenvalue weighted by atomic mass is 32.2. The van der Waals surface area contributed by atoms with E-state index in [0.717, 1.165) is 35.5 Å². The van der Waals surface area contributed by atoms with Gasteiger partial charge in [0.1, 0.15) is 17.4 Å². The van der Waals surface area contributed by atoms with Gasteiger partial charge in [-0.15, -0.1) is 10.2 Å². The molecule has 0 spiro atoms. The standard InChI is InChI=1S/C16H13F2N3O2S/c1-9-11(5-6-23-9)15-19-20-16(21(15)2)24-8-14(22)12-7-10(17)3-4-13(12)18/h3-7H,8H2,1-2H3. The summed E-state index contributed by atoms with van der Waals surface area (Å²) in [6.45, 7) is 1.81. The zero-order chi connectivity index (χ0) is 17.3. The molecule has 0 N–H and O–H groups in total. The van der Waals surface area contributed by atoms with Crippen LogP contribution in [0.4, 0.5) is 8.78 Å². The van der Waals surface area contributed by atoms with Crippen molar-refractivity contribution in [1.82, 2.24) is 14.8 Å². The predicted octanol–water partition coefficient (Wildman–Crippen LogP) is 3.64. The number of ketones is 1. The number of furan rings is 1. The number of carbonyl (C=O) groups excluding carboxylic acids is 1. The molecule has 2 heterocycles. The first-order valence-electron chi connectivity index (χ1n) is 7.02. The lowest BCUT2D eigenvalue weighted by atomic mass is 10.1. The number of hydrogen-bond donors (Lipinski definition) is 0. The highest BCUT2D eigenvalue weighted by molar-refractivity contribution is 7.99. The quantitative estimate of drug-likeness (QED) is 0.520. The average molecular weight is 349 g/mol. The molecule has 0 radical (unpaired) electrons. The van der Waals surface area contributed by atoms with Crippen LogP contribution in [0.2, 0.25) is 0 Å². The fraction of sp³-hybridized carbons (Fsp3) is 0.188. The van der Waals surface area contributed by atoms with Gasteiger partial charge in [0, 0.05) is 7.05 Å². The van der Waals surface area contributed by atoms with Crippen molar-refractivity contribution in [1.29, 1.82) is 0 Å². The first-order chi connectivity index (χ1) is 11.5. The van der Waals surface area contributed by atoms with Crippen LogP contribution in [0.3, 0.4) is 0 Å². The Labute approximate surface area is 140 Å². The van der Waals surface area contributed by atoms with Crippen molar-refractivity contribution < 1.29 is 18.0 Å². The normalized spacial score (nSPS) is 11.0. The van der Waals surface area contributed by atoms with E-state index in [1.165, 1.54) is 0 Å². The lowest BCUT2D eigenvalue weighted by molar-refractivity contribution is 0.101. The van der Waals surface area contributed by atoms with E-state index >= 15 is 0 Å². The summed E-state index contributed by atoms with van der Waals surface area (Å²) in [6, 6.07) is 4.59. The minimum atomic E-state index is -0.741. The molecule has 1 aromatic carbocycles. The summed E-state index contributed by atoms with van der Waals surface area (Å²) < 4.78 is 33.8. The van der Waals surface area contributed by atoms with Crippen molar-refractivity contribution in [3.05, 3.63) is 53.5 Å². The number of Topliss-reactive ketones (excluding diaryl/α,β-unsaturated/α-hetero) is 1. The third kappa shape index (κ3) is 3.09. The molecular weight excluding hydrogens is 336 g/mol. The van der Waals surface area contributed by atoms with Gasteiger partial charge >= 0.3 is 0 Å². The van der Waals surface area contributed by atoms with Crippen LogP contribution >= 0.6 is 11.8 Å². The molecule has 0 amide bonds. The topological polar surface area (TPSA) is 60.9 Å². The molecule has 124 valence electrons. The number of aromatic nitrogens is 3. The Hall–Kier alpha value is -2.48. The summed E-state index contributed by atoms with van der Waals surface area (Å²) in [5, 5.41) is 8.62. The molecule has 2 aromatic heterocycles. The number of halogens is 2. The van der Waals surface area contributed by atoms with Crippen LogP contribution in [0.1, 0.15) is 16.1 Å². The molecule has 0 aliphatic carbocycles. The molecule has 0 saturated carbocycles. The molecule has 0 unspecified atom stereocenters. The van der Waals surface area contributed by atoms with Crippen molar-refractivity contribution >= 4 is 17.5 Å². The third-order valence-electron chi connectivity index (χ3n) is 3.50. The monoisotopic (exact) mass is 349 g/mol. The van der Waals surface area contributed by atoms with Gasteiger partial charge in [-0.2, -0.15) is 0 Å².